The maximum atomic E-state index is 14.3. The molecule has 0 amide bonds. The molecule has 0 saturated heterocycles. The Balaban J connectivity index is 1.84. The Bertz CT molecular complexity index is 1190. The molecule has 1 aromatic heterocycles. The smallest absolute Gasteiger partial charge is 0.282 e. The third kappa shape index (κ3) is 3.61. The molecule has 1 aliphatic heterocycles. The van der Waals surface area contributed by atoms with Gasteiger partial charge in [-0.2, -0.15) is 5.10 Å². The van der Waals surface area contributed by atoms with E-state index in [9.17, 15) is 14.5 Å². The van der Waals surface area contributed by atoms with E-state index in [-0.39, 0.29) is 18.0 Å². The molecule has 0 spiro atoms. The molecule has 0 radical (unpaired) electrons. The second-order valence-electron chi connectivity index (χ2n) is 5.94. The molecular formula is C19H15FN4O4S. The predicted octanol–water partition coefficient (Wildman–Crippen LogP) is 3.80. The van der Waals surface area contributed by atoms with E-state index in [1.165, 1.54) is 40.4 Å². The first-order valence-electron chi connectivity index (χ1n) is 8.66. The van der Waals surface area contributed by atoms with E-state index < -0.39 is 10.7 Å². The van der Waals surface area contributed by atoms with Crippen molar-refractivity contribution in [2.75, 3.05) is 13.3 Å². The third-order valence-corrected chi connectivity index (χ3v) is 5.01. The van der Waals surface area contributed by atoms with Crippen LogP contribution in [0, 0.1) is 15.9 Å². The highest BCUT2D eigenvalue weighted by atomic mass is 32.1. The molecule has 8 nitrogen and oxygen atoms in total. The Morgan fingerprint density at radius 2 is 2.07 bits per heavy atom. The van der Waals surface area contributed by atoms with Gasteiger partial charge in [-0.1, -0.05) is 12.1 Å². The third-order valence-electron chi connectivity index (χ3n) is 4.16. The van der Waals surface area contributed by atoms with Crippen LogP contribution in [0.1, 0.15) is 12.5 Å². The maximum Gasteiger partial charge on any atom is 0.282 e. The highest BCUT2D eigenvalue weighted by molar-refractivity contribution is 7.07. The van der Waals surface area contributed by atoms with E-state index in [0.717, 1.165) is 0 Å². The van der Waals surface area contributed by atoms with Crippen LogP contribution in [0.15, 0.2) is 51.9 Å². The van der Waals surface area contributed by atoms with Crippen molar-refractivity contribution in [3.8, 4) is 22.8 Å². The van der Waals surface area contributed by atoms with Gasteiger partial charge >= 0.3 is 0 Å². The van der Waals surface area contributed by atoms with Gasteiger partial charge in [0.05, 0.1) is 28.5 Å². The predicted molar refractivity (Wildman–Crippen MR) is 106 cm³/mol. The van der Waals surface area contributed by atoms with Crippen molar-refractivity contribution in [3.63, 3.8) is 0 Å². The molecule has 0 aliphatic carbocycles. The van der Waals surface area contributed by atoms with Crippen molar-refractivity contribution < 1.29 is 18.8 Å². The van der Waals surface area contributed by atoms with Crippen molar-refractivity contribution in [1.82, 2.24) is 4.68 Å². The lowest BCUT2D eigenvalue weighted by Gasteiger charge is -2.05. The average molecular weight is 414 g/mol. The number of nitrogens with zero attached hydrogens (tertiary/aromatic N) is 4. The average Bonchev–Trinajstić information content (AvgIpc) is 3.32. The Morgan fingerprint density at radius 1 is 1.31 bits per heavy atom. The fraction of sp³-hybridized carbons (Fsp3) is 0.158. The minimum Gasteiger partial charge on any atom is -0.454 e. The van der Waals surface area contributed by atoms with Crippen LogP contribution in [0.4, 0.5) is 10.1 Å². The number of nitro groups is 1. The van der Waals surface area contributed by atoms with Crippen molar-refractivity contribution >= 4 is 23.2 Å². The molecule has 1 aliphatic rings. The van der Waals surface area contributed by atoms with Gasteiger partial charge in [0.1, 0.15) is 5.82 Å². The number of hydrogen-bond acceptors (Lipinski definition) is 7. The van der Waals surface area contributed by atoms with Crippen LogP contribution in [0.2, 0.25) is 0 Å². The van der Waals surface area contributed by atoms with Gasteiger partial charge < -0.3 is 9.47 Å². The van der Waals surface area contributed by atoms with Gasteiger partial charge in [0.25, 0.3) is 5.69 Å². The zero-order valence-corrected chi connectivity index (χ0v) is 16.1. The fourth-order valence-electron chi connectivity index (χ4n) is 2.84. The van der Waals surface area contributed by atoms with Gasteiger partial charge in [0.15, 0.2) is 11.5 Å². The van der Waals surface area contributed by atoms with Crippen LogP contribution in [-0.4, -0.2) is 29.2 Å². The molecule has 2 aromatic carbocycles. The number of thiazole rings is 1. The number of hydrogen-bond donors (Lipinski definition) is 0. The van der Waals surface area contributed by atoms with Crippen molar-refractivity contribution in [2.45, 2.75) is 6.92 Å². The highest BCUT2D eigenvalue weighted by Gasteiger charge is 2.22. The fourth-order valence-corrected chi connectivity index (χ4v) is 3.73. The molecule has 0 bridgehead atoms. The van der Waals surface area contributed by atoms with E-state index in [2.05, 4.69) is 10.1 Å². The van der Waals surface area contributed by atoms with Crippen LogP contribution < -0.4 is 14.3 Å². The van der Waals surface area contributed by atoms with Crippen LogP contribution in [-0.2, 0) is 0 Å². The van der Waals surface area contributed by atoms with Crippen molar-refractivity contribution in [3.05, 3.63) is 68.1 Å². The quantitative estimate of drug-likeness (QED) is 0.361. The number of halogens is 1. The molecule has 0 fully saturated rings. The molecule has 0 saturated carbocycles. The molecular weight excluding hydrogens is 399 g/mol. The first-order chi connectivity index (χ1) is 14.1. The Morgan fingerprint density at radius 3 is 2.79 bits per heavy atom. The summed E-state index contributed by atoms with van der Waals surface area (Å²) in [7, 11) is 0. The van der Waals surface area contributed by atoms with E-state index >= 15 is 0 Å². The molecule has 148 valence electrons. The summed E-state index contributed by atoms with van der Waals surface area (Å²) in [5.74, 6) is 0.317. The molecule has 29 heavy (non-hydrogen) atoms. The van der Waals surface area contributed by atoms with Gasteiger partial charge in [-0.25, -0.2) is 9.07 Å². The summed E-state index contributed by atoms with van der Waals surface area (Å²) in [5, 5.41) is 17.6. The lowest BCUT2D eigenvalue weighted by atomic mass is 10.1. The summed E-state index contributed by atoms with van der Waals surface area (Å²) in [6.07, 6.45) is 1.34. The molecule has 4 rings (SSSR count). The summed E-state index contributed by atoms with van der Waals surface area (Å²) < 4.78 is 26.3. The standard InChI is InChI=1S/C19H15FN4O4S/c1-2-21-19-23(16(10-29-19)13-5-3-4-6-14(13)20)22-9-12-7-17-18(28-11-27-17)8-15(12)24(25)26/h3-10H,2,11H2,1H3. The topological polar surface area (TPSA) is 91.2 Å². The van der Waals surface area contributed by atoms with Gasteiger partial charge in [-0.3, -0.25) is 15.1 Å². The number of ether oxygens (including phenoxy) is 2. The van der Waals surface area contributed by atoms with E-state index in [0.29, 0.717) is 34.1 Å². The number of aromatic nitrogens is 1. The highest BCUT2D eigenvalue weighted by Crippen LogP contribution is 2.37. The Labute approximate surface area is 168 Å². The Kier molecular flexibility index (Phi) is 5.09. The lowest BCUT2D eigenvalue weighted by molar-refractivity contribution is -0.385. The molecule has 0 atom stereocenters. The minimum atomic E-state index is -0.517. The lowest BCUT2D eigenvalue weighted by Crippen LogP contribution is -2.13. The second-order valence-corrected chi connectivity index (χ2v) is 6.77. The van der Waals surface area contributed by atoms with E-state index in [1.807, 2.05) is 6.92 Å². The zero-order valence-electron chi connectivity index (χ0n) is 15.2. The number of nitro benzene ring substituents is 1. The van der Waals surface area contributed by atoms with Crippen LogP contribution >= 0.6 is 11.3 Å². The van der Waals surface area contributed by atoms with Crippen molar-refractivity contribution in [2.24, 2.45) is 10.1 Å². The van der Waals surface area contributed by atoms with Gasteiger partial charge in [0, 0.05) is 17.5 Å². The van der Waals surface area contributed by atoms with E-state index in [4.69, 9.17) is 9.47 Å². The number of rotatable bonds is 5. The summed E-state index contributed by atoms with van der Waals surface area (Å²) >= 11 is 1.31. The summed E-state index contributed by atoms with van der Waals surface area (Å²) in [5.41, 5.74) is 0.925. The van der Waals surface area contributed by atoms with Crippen molar-refractivity contribution in [1.29, 1.82) is 0 Å². The summed E-state index contributed by atoms with van der Waals surface area (Å²) in [4.78, 5) is 15.9. The first-order valence-corrected chi connectivity index (χ1v) is 9.54. The minimum absolute atomic E-state index is 0.00330. The maximum absolute atomic E-state index is 14.3. The van der Waals surface area contributed by atoms with Crippen LogP contribution in [0.25, 0.3) is 11.3 Å². The van der Waals surface area contributed by atoms with Gasteiger partial charge in [-0.05, 0) is 25.1 Å². The van der Waals surface area contributed by atoms with Gasteiger partial charge in [0.2, 0.25) is 11.6 Å². The number of fused-ring (bicyclic) bond motifs is 1. The van der Waals surface area contributed by atoms with Gasteiger partial charge in [-0.15, -0.1) is 11.3 Å². The van der Waals surface area contributed by atoms with Crippen LogP contribution in [0.5, 0.6) is 11.5 Å². The molecule has 0 N–H and O–H groups in total. The zero-order chi connectivity index (χ0) is 20.4. The Hall–Kier alpha value is -3.53. The SMILES string of the molecule is CCN=c1scc(-c2ccccc2F)n1N=Cc1cc2c(cc1[N+](=O)[O-])OCO2. The summed E-state index contributed by atoms with van der Waals surface area (Å²) in [6, 6.07) is 9.13. The molecule has 2 heterocycles. The molecule has 0 unspecified atom stereocenters. The van der Waals surface area contributed by atoms with E-state index in [1.54, 1.807) is 23.6 Å². The second kappa shape index (κ2) is 7.84. The molecule has 3 aromatic rings. The normalized spacial score (nSPS) is 13.4. The monoisotopic (exact) mass is 414 g/mol. The summed E-state index contributed by atoms with van der Waals surface area (Å²) in [6.45, 7) is 2.39. The largest absolute Gasteiger partial charge is 0.454 e. The van der Waals surface area contributed by atoms with Crippen LogP contribution in [0.3, 0.4) is 0 Å². The number of benzene rings is 2. The molecule has 10 heteroatoms. The first kappa shape index (κ1) is 18.8.